The molecule has 7 heteroatoms. The Bertz CT molecular complexity index is 955. The number of primary amides is 1. The monoisotopic (exact) mass is 339 g/mol. The van der Waals surface area contributed by atoms with Crippen LogP contribution in [0.4, 0.5) is 11.5 Å². The molecule has 3 aromatic rings. The van der Waals surface area contributed by atoms with Crippen molar-refractivity contribution < 1.29 is 13.9 Å². The average Bonchev–Trinajstić information content (AvgIpc) is 2.63. The fraction of sp³-hybridized carbons (Fsp3) is 0. The summed E-state index contributed by atoms with van der Waals surface area (Å²) < 4.78 is 0. The number of carbonyl (C=O) groups excluding carboxylic acids is 2. The van der Waals surface area contributed by atoms with Crippen molar-refractivity contribution in [2.45, 2.75) is 0 Å². The highest BCUT2D eigenvalue weighted by atomic mass is 16.2. The Kier molecular flexibility index (Phi) is 4.38. The first-order chi connectivity index (χ1) is 12.0. The van der Waals surface area contributed by atoms with Gasteiger partial charge in [0.05, 0.1) is 11.9 Å². The van der Waals surface area contributed by atoms with Gasteiger partial charge in [-0.05, 0) is 24.3 Å². The minimum absolute atomic E-state index is 0. The van der Waals surface area contributed by atoms with Crippen LogP contribution in [0.15, 0.2) is 60.8 Å². The highest BCUT2D eigenvalue weighted by molar-refractivity contribution is 6.06. The second-order valence-corrected chi connectivity index (χ2v) is 5.25. The summed E-state index contributed by atoms with van der Waals surface area (Å²) in [6, 6.07) is 15.6. The molecule has 7 nitrogen and oxygen atoms in total. The maximum absolute atomic E-state index is 12.4. The van der Waals surface area contributed by atoms with Gasteiger partial charge in [0.2, 0.25) is 5.91 Å². The van der Waals surface area contributed by atoms with Gasteiger partial charge in [-0.25, -0.2) is 9.97 Å². The van der Waals surface area contributed by atoms with Crippen molar-refractivity contribution in [3.63, 3.8) is 0 Å². The number of aromatic nitrogens is 2. The van der Waals surface area contributed by atoms with E-state index in [-0.39, 0.29) is 15.8 Å². The zero-order chi connectivity index (χ0) is 17.8. The first-order valence-electron chi connectivity index (χ1n) is 7.44. The van der Waals surface area contributed by atoms with E-state index >= 15 is 0 Å². The Morgan fingerprint density at radius 3 is 2.52 bits per heavy atom. The minimum atomic E-state index is -0.549. The molecule has 2 aromatic carbocycles. The molecule has 0 saturated heterocycles. The number of carbonyl (C=O) groups is 2. The molecular formula is C18H21N5O2. The number of benzene rings is 2. The van der Waals surface area contributed by atoms with E-state index in [0.717, 1.165) is 0 Å². The number of nitrogens with one attached hydrogen (secondary N) is 1. The van der Waals surface area contributed by atoms with Crippen molar-refractivity contribution in [3.05, 3.63) is 72.1 Å². The van der Waals surface area contributed by atoms with Crippen molar-refractivity contribution in [1.82, 2.24) is 9.97 Å². The lowest BCUT2D eigenvalue weighted by atomic mass is 10.1. The summed E-state index contributed by atoms with van der Waals surface area (Å²) in [7, 11) is 0. The molecule has 0 atom stereocenters. The minimum Gasteiger partial charge on any atom is -0.382 e. The molecule has 0 unspecified atom stereocenters. The lowest BCUT2D eigenvalue weighted by Crippen LogP contribution is -2.17. The molecule has 0 saturated carbocycles. The van der Waals surface area contributed by atoms with Crippen LogP contribution in [0.3, 0.4) is 0 Å². The van der Waals surface area contributed by atoms with Gasteiger partial charge < -0.3 is 16.8 Å². The molecular weight excluding hydrogens is 318 g/mol. The largest absolute Gasteiger partial charge is 0.382 e. The lowest BCUT2D eigenvalue weighted by molar-refractivity contribution is 0.0997. The number of hydrogen-bond donors (Lipinski definition) is 3. The van der Waals surface area contributed by atoms with Crippen molar-refractivity contribution in [2.75, 3.05) is 11.1 Å². The molecule has 1 heterocycles. The topological polar surface area (TPSA) is 124 Å². The Labute approximate surface area is 148 Å². The maximum Gasteiger partial charge on any atom is 0.278 e. The van der Waals surface area contributed by atoms with Crippen molar-refractivity contribution >= 4 is 23.3 Å². The third kappa shape index (κ3) is 3.61. The van der Waals surface area contributed by atoms with Gasteiger partial charge in [0, 0.05) is 21.1 Å². The smallest absolute Gasteiger partial charge is 0.278 e. The number of hydrogen-bond acceptors (Lipinski definition) is 5. The predicted octanol–water partition coefficient (Wildman–Crippen LogP) is 2.82. The van der Waals surface area contributed by atoms with Gasteiger partial charge in [-0.3, -0.25) is 9.59 Å². The fourth-order valence-electron chi connectivity index (χ4n) is 2.25. The van der Waals surface area contributed by atoms with Crippen LogP contribution in [-0.4, -0.2) is 21.8 Å². The third-order valence-corrected chi connectivity index (χ3v) is 3.49. The molecule has 0 aliphatic heterocycles. The molecule has 3 rings (SSSR count). The standard InChI is InChI=1S/C18H15N5O2.3H2/c19-16-15(18(25)22-13-7-2-1-3-8-13)23-14(10-21-16)11-5-4-6-12(9-11)17(20)24;;;/h1-10H,(H2,19,21)(H2,20,24)(H,22,25);3*1H. The van der Waals surface area contributed by atoms with Gasteiger partial charge in [-0.15, -0.1) is 0 Å². The normalized spacial score (nSPS) is 10.2. The van der Waals surface area contributed by atoms with Crippen molar-refractivity contribution in [2.24, 2.45) is 5.73 Å². The van der Waals surface area contributed by atoms with Gasteiger partial charge in [0.15, 0.2) is 11.5 Å². The van der Waals surface area contributed by atoms with E-state index in [4.69, 9.17) is 11.5 Å². The molecule has 0 bridgehead atoms. The van der Waals surface area contributed by atoms with Crippen LogP contribution < -0.4 is 16.8 Å². The summed E-state index contributed by atoms with van der Waals surface area (Å²) in [5, 5.41) is 2.71. The van der Waals surface area contributed by atoms with Crippen LogP contribution in [0.1, 0.15) is 25.1 Å². The van der Waals surface area contributed by atoms with E-state index in [1.54, 1.807) is 48.5 Å². The number of nitrogens with two attached hydrogens (primary N) is 2. The summed E-state index contributed by atoms with van der Waals surface area (Å²) in [4.78, 5) is 32.1. The van der Waals surface area contributed by atoms with Crippen LogP contribution in [0.5, 0.6) is 0 Å². The van der Waals surface area contributed by atoms with Crippen LogP contribution >= 0.6 is 0 Å². The summed E-state index contributed by atoms with van der Waals surface area (Å²) in [5.74, 6) is -1.00. The molecule has 2 amide bonds. The first kappa shape index (κ1) is 16.1. The maximum atomic E-state index is 12.4. The molecule has 0 aliphatic rings. The van der Waals surface area contributed by atoms with Gasteiger partial charge in [0.25, 0.3) is 5.91 Å². The van der Waals surface area contributed by atoms with Gasteiger partial charge in [0.1, 0.15) is 0 Å². The molecule has 1 aromatic heterocycles. The predicted molar refractivity (Wildman–Crippen MR) is 101 cm³/mol. The van der Waals surface area contributed by atoms with E-state index < -0.39 is 11.8 Å². The van der Waals surface area contributed by atoms with Crippen LogP contribution in [0, 0.1) is 0 Å². The van der Waals surface area contributed by atoms with E-state index in [2.05, 4.69) is 15.3 Å². The molecule has 0 spiro atoms. The number of amides is 2. The second kappa shape index (κ2) is 6.79. The van der Waals surface area contributed by atoms with Crippen molar-refractivity contribution in [3.8, 4) is 11.3 Å². The van der Waals surface area contributed by atoms with Crippen LogP contribution in [0.2, 0.25) is 0 Å². The van der Waals surface area contributed by atoms with E-state index in [1.165, 1.54) is 6.20 Å². The van der Waals surface area contributed by atoms with Crippen molar-refractivity contribution in [1.29, 1.82) is 0 Å². The first-order valence-corrected chi connectivity index (χ1v) is 7.44. The SMILES string of the molecule is NC(=O)c1cccc(-c2cnc(N)c(C(=O)Nc3ccccc3)n2)c1.[HH].[HH].[HH]. The highest BCUT2D eigenvalue weighted by Gasteiger charge is 2.15. The molecule has 130 valence electrons. The second-order valence-electron chi connectivity index (χ2n) is 5.25. The van der Waals surface area contributed by atoms with Gasteiger partial charge >= 0.3 is 0 Å². The number of nitrogen functional groups attached to an aromatic ring is 1. The number of nitrogens with zero attached hydrogens (tertiary/aromatic N) is 2. The third-order valence-electron chi connectivity index (χ3n) is 3.49. The Morgan fingerprint density at radius 1 is 1.04 bits per heavy atom. The van der Waals surface area contributed by atoms with Crippen LogP contribution in [-0.2, 0) is 0 Å². The quantitative estimate of drug-likeness (QED) is 0.674. The van der Waals surface area contributed by atoms with Crippen LogP contribution in [0.25, 0.3) is 11.3 Å². The number of rotatable bonds is 4. The Balaban J connectivity index is 0.00000243. The molecule has 25 heavy (non-hydrogen) atoms. The van der Waals surface area contributed by atoms with E-state index in [1.807, 2.05) is 6.07 Å². The molecule has 0 fully saturated rings. The fourth-order valence-corrected chi connectivity index (χ4v) is 2.25. The zero-order valence-electron chi connectivity index (χ0n) is 13.1. The lowest BCUT2D eigenvalue weighted by Gasteiger charge is -2.08. The van der Waals surface area contributed by atoms with Gasteiger partial charge in [-0.2, -0.15) is 0 Å². The number of anilines is 2. The molecule has 0 aliphatic carbocycles. The summed E-state index contributed by atoms with van der Waals surface area (Å²) in [6.07, 6.45) is 1.44. The van der Waals surface area contributed by atoms with E-state index in [0.29, 0.717) is 22.5 Å². The Morgan fingerprint density at radius 2 is 1.80 bits per heavy atom. The zero-order valence-corrected chi connectivity index (χ0v) is 13.1. The summed E-state index contributed by atoms with van der Waals surface area (Å²) in [5.41, 5.74) is 13.1. The van der Waals surface area contributed by atoms with Gasteiger partial charge in [-0.1, -0.05) is 30.3 Å². The summed E-state index contributed by atoms with van der Waals surface area (Å²) in [6.45, 7) is 0. The summed E-state index contributed by atoms with van der Waals surface area (Å²) >= 11 is 0. The Hall–Kier alpha value is -3.74. The molecule has 5 N–H and O–H groups in total. The van der Waals surface area contributed by atoms with E-state index in [9.17, 15) is 9.59 Å². The number of para-hydroxylation sites is 1. The highest BCUT2D eigenvalue weighted by Crippen LogP contribution is 2.20. The average molecular weight is 339 g/mol. The molecule has 0 radical (unpaired) electrons.